The molecule has 1 saturated heterocycles. The van der Waals surface area contributed by atoms with Crippen molar-refractivity contribution < 1.29 is 14.6 Å². The first kappa shape index (κ1) is 15.6. The van der Waals surface area contributed by atoms with Crippen LogP contribution in [0, 0.1) is 17.8 Å². The lowest BCUT2D eigenvalue weighted by Crippen LogP contribution is -2.58. The Bertz CT molecular complexity index is 648. The maximum Gasteiger partial charge on any atom is 0.410 e. The number of carbonyl (C=O) groups is 1. The quantitative estimate of drug-likeness (QED) is 0.897. The molecule has 25 heavy (non-hydrogen) atoms. The monoisotopic (exact) mass is 342 g/mol. The zero-order valence-corrected chi connectivity index (χ0v) is 14.5. The third-order valence-electron chi connectivity index (χ3n) is 7.02. The summed E-state index contributed by atoms with van der Waals surface area (Å²) in [5.41, 5.74) is 0.779. The third-order valence-corrected chi connectivity index (χ3v) is 7.02. The normalized spacial score (nSPS) is 42.0. The predicted molar refractivity (Wildman–Crippen MR) is 91.9 cm³/mol. The van der Waals surface area contributed by atoms with Crippen LogP contribution in [0.15, 0.2) is 24.5 Å². The Morgan fingerprint density at radius 3 is 2.60 bits per heavy atom. The lowest BCUT2D eigenvalue weighted by Gasteiger charge is -2.57. The van der Waals surface area contributed by atoms with Crippen LogP contribution in [-0.4, -0.2) is 45.9 Å². The van der Waals surface area contributed by atoms with Gasteiger partial charge in [-0.25, -0.2) is 4.79 Å². The summed E-state index contributed by atoms with van der Waals surface area (Å²) in [5.74, 6) is 1.74. The van der Waals surface area contributed by atoms with Crippen molar-refractivity contribution in [2.24, 2.45) is 17.8 Å². The Morgan fingerprint density at radius 1 is 1.20 bits per heavy atom. The molecule has 0 spiro atoms. The molecule has 4 aliphatic carbocycles. The van der Waals surface area contributed by atoms with Crippen LogP contribution < -0.4 is 0 Å². The van der Waals surface area contributed by atoms with E-state index in [2.05, 4.69) is 4.98 Å². The average molecular weight is 342 g/mol. The van der Waals surface area contributed by atoms with Gasteiger partial charge >= 0.3 is 6.09 Å². The molecule has 1 aromatic rings. The molecule has 2 heterocycles. The molecule has 0 aromatic carbocycles. The van der Waals surface area contributed by atoms with Gasteiger partial charge in [-0.15, -0.1) is 0 Å². The van der Waals surface area contributed by atoms with E-state index >= 15 is 0 Å². The first-order valence-electron chi connectivity index (χ1n) is 9.67. The van der Waals surface area contributed by atoms with Gasteiger partial charge in [-0.1, -0.05) is 0 Å². The molecule has 1 aromatic heterocycles. The van der Waals surface area contributed by atoms with Gasteiger partial charge in [0, 0.05) is 31.4 Å². The highest BCUT2D eigenvalue weighted by molar-refractivity contribution is 5.68. The minimum absolute atomic E-state index is 0.0179. The van der Waals surface area contributed by atoms with Crippen molar-refractivity contribution in [2.75, 3.05) is 13.1 Å². The molecule has 4 bridgehead atoms. The van der Waals surface area contributed by atoms with Crippen LogP contribution in [0.1, 0.15) is 50.0 Å². The van der Waals surface area contributed by atoms with Crippen molar-refractivity contribution in [3.05, 3.63) is 30.1 Å². The van der Waals surface area contributed by atoms with Crippen molar-refractivity contribution in [3.63, 3.8) is 0 Å². The van der Waals surface area contributed by atoms with Crippen molar-refractivity contribution in [1.82, 2.24) is 9.88 Å². The van der Waals surface area contributed by atoms with Crippen LogP contribution in [0.3, 0.4) is 0 Å². The molecule has 1 aliphatic heterocycles. The summed E-state index contributed by atoms with van der Waals surface area (Å²) >= 11 is 0. The minimum atomic E-state index is -0.473. The average Bonchev–Trinajstić information content (AvgIpc) is 3.07. The van der Waals surface area contributed by atoms with E-state index in [-0.39, 0.29) is 12.2 Å². The Balaban J connectivity index is 1.23. The SMILES string of the molecule is O=C(OC1C2CC3CC1CC(O)(C3)C2)N1CCC(c2ccncc2)C1. The van der Waals surface area contributed by atoms with E-state index in [1.165, 1.54) is 5.56 Å². The first-order valence-corrected chi connectivity index (χ1v) is 9.67. The predicted octanol–water partition coefficient (Wildman–Crippen LogP) is 2.95. The van der Waals surface area contributed by atoms with E-state index in [1.807, 2.05) is 29.4 Å². The zero-order chi connectivity index (χ0) is 17.0. The largest absolute Gasteiger partial charge is 0.446 e. The van der Waals surface area contributed by atoms with Gasteiger partial charge in [-0.2, -0.15) is 0 Å². The molecule has 4 saturated carbocycles. The maximum absolute atomic E-state index is 12.7. The number of ether oxygens (including phenoxy) is 1. The maximum atomic E-state index is 12.7. The fraction of sp³-hybridized carbons (Fsp3) is 0.700. The van der Waals surface area contributed by atoms with Crippen LogP contribution in [0.25, 0.3) is 0 Å². The summed E-state index contributed by atoms with van der Waals surface area (Å²) in [5, 5.41) is 10.7. The van der Waals surface area contributed by atoms with Crippen LogP contribution in [0.5, 0.6) is 0 Å². The van der Waals surface area contributed by atoms with Crippen molar-refractivity contribution >= 4 is 6.09 Å². The van der Waals surface area contributed by atoms with Gasteiger partial charge in [0.1, 0.15) is 6.10 Å². The molecule has 5 aliphatic rings. The number of hydrogen-bond acceptors (Lipinski definition) is 4. The van der Waals surface area contributed by atoms with Crippen molar-refractivity contribution in [2.45, 2.75) is 56.1 Å². The Kier molecular flexibility index (Phi) is 3.56. The highest BCUT2D eigenvalue weighted by Gasteiger charge is 2.56. The van der Waals surface area contributed by atoms with Crippen LogP contribution in [0.2, 0.25) is 0 Å². The number of likely N-dealkylation sites (tertiary alicyclic amines) is 1. The number of hydrogen-bond donors (Lipinski definition) is 1. The van der Waals surface area contributed by atoms with E-state index in [4.69, 9.17) is 4.74 Å². The van der Waals surface area contributed by atoms with Crippen LogP contribution in [-0.2, 0) is 4.74 Å². The smallest absolute Gasteiger partial charge is 0.410 e. The number of amides is 1. The molecule has 1 N–H and O–H groups in total. The molecule has 0 radical (unpaired) electrons. The number of aromatic nitrogens is 1. The Labute approximate surface area is 148 Å². The summed E-state index contributed by atoms with van der Waals surface area (Å²) in [7, 11) is 0. The summed E-state index contributed by atoms with van der Waals surface area (Å²) in [6, 6.07) is 4.08. The summed E-state index contributed by atoms with van der Waals surface area (Å²) < 4.78 is 6.00. The molecule has 134 valence electrons. The van der Waals surface area contributed by atoms with E-state index in [0.29, 0.717) is 23.7 Å². The molecule has 6 rings (SSSR count). The molecular weight excluding hydrogens is 316 g/mol. The number of rotatable bonds is 2. The fourth-order valence-electron chi connectivity index (χ4n) is 6.15. The van der Waals surface area contributed by atoms with Gasteiger partial charge in [-0.05, 0) is 74.0 Å². The van der Waals surface area contributed by atoms with E-state index in [9.17, 15) is 9.90 Å². The number of aliphatic hydroxyl groups is 1. The second kappa shape index (κ2) is 5.70. The molecule has 5 nitrogen and oxygen atoms in total. The van der Waals surface area contributed by atoms with Crippen molar-refractivity contribution in [1.29, 1.82) is 0 Å². The zero-order valence-electron chi connectivity index (χ0n) is 14.5. The van der Waals surface area contributed by atoms with Gasteiger partial charge in [0.15, 0.2) is 0 Å². The lowest BCUT2D eigenvalue weighted by atomic mass is 9.53. The third kappa shape index (κ3) is 2.73. The summed E-state index contributed by atoms with van der Waals surface area (Å²) in [6.07, 6.45) is 9.32. The standard InChI is InChI=1S/C20H26N2O3/c23-19(22-6-3-15(12-22)14-1-4-21-5-2-14)25-18-16-7-13-8-17(18)11-20(24,9-13)10-16/h1-2,4-5,13,15-18,24H,3,6-12H2. The van der Waals surface area contributed by atoms with Gasteiger partial charge in [-0.3, -0.25) is 4.98 Å². The number of pyridine rings is 1. The van der Waals surface area contributed by atoms with Gasteiger partial charge in [0.25, 0.3) is 0 Å². The minimum Gasteiger partial charge on any atom is -0.446 e. The van der Waals surface area contributed by atoms with Gasteiger partial charge in [0.2, 0.25) is 0 Å². The van der Waals surface area contributed by atoms with Crippen LogP contribution in [0.4, 0.5) is 4.79 Å². The van der Waals surface area contributed by atoms with E-state index in [0.717, 1.165) is 51.6 Å². The second-order valence-electron chi connectivity index (χ2n) is 8.75. The highest BCUT2D eigenvalue weighted by atomic mass is 16.6. The molecular formula is C20H26N2O3. The molecule has 5 heteroatoms. The Hall–Kier alpha value is -1.62. The lowest BCUT2D eigenvalue weighted by molar-refractivity contribution is -0.177. The Morgan fingerprint density at radius 2 is 1.92 bits per heavy atom. The first-order chi connectivity index (χ1) is 12.1. The highest BCUT2D eigenvalue weighted by Crippen LogP contribution is 2.56. The summed E-state index contributed by atoms with van der Waals surface area (Å²) in [6.45, 7) is 1.50. The fourth-order valence-corrected chi connectivity index (χ4v) is 6.15. The number of carbonyl (C=O) groups excluding carboxylic acids is 1. The molecule has 5 fully saturated rings. The van der Waals surface area contributed by atoms with Crippen molar-refractivity contribution in [3.8, 4) is 0 Å². The number of nitrogens with zero attached hydrogens (tertiary/aromatic N) is 2. The van der Waals surface area contributed by atoms with Crippen LogP contribution >= 0.6 is 0 Å². The topological polar surface area (TPSA) is 62.7 Å². The van der Waals surface area contributed by atoms with E-state index in [1.54, 1.807) is 0 Å². The van der Waals surface area contributed by atoms with E-state index < -0.39 is 5.60 Å². The molecule has 3 unspecified atom stereocenters. The van der Waals surface area contributed by atoms with Gasteiger partial charge in [0.05, 0.1) is 5.60 Å². The molecule has 3 atom stereocenters. The molecule has 1 amide bonds. The second-order valence-corrected chi connectivity index (χ2v) is 8.75. The van der Waals surface area contributed by atoms with Gasteiger partial charge < -0.3 is 14.7 Å². The summed E-state index contributed by atoms with van der Waals surface area (Å²) in [4.78, 5) is 18.7.